The van der Waals surface area contributed by atoms with Crippen molar-refractivity contribution in [3.05, 3.63) is 60.2 Å². The molecule has 2 aromatic carbocycles. The fourth-order valence-electron chi connectivity index (χ4n) is 3.54. The van der Waals surface area contributed by atoms with Crippen LogP contribution in [0, 0.1) is 0 Å². The first-order valence-electron chi connectivity index (χ1n) is 11.4. The number of carbonyl (C=O) groups excluding carboxylic acids is 1. The molecule has 0 fully saturated rings. The molecular weight excluding hydrogens is 416 g/mol. The molecule has 1 heterocycles. The van der Waals surface area contributed by atoms with E-state index in [2.05, 4.69) is 18.8 Å². The number of nitrogens with zero attached hydrogens (tertiary/aromatic N) is 2. The molecule has 1 atom stereocenters. The van der Waals surface area contributed by atoms with Gasteiger partial charge in [-0.2, -0.15) is 4.99 Å². The van der Waals surface area contributed by atoms with Crippen molar-refractivity contribution >= 4 is 22.8 Å². The maximum atomic E-state index is 12.7. The van der Waals surface area contributed by atoms with Crippen LogP contribution in [0.3, 0.4) is 0 Å². The molecule has 3 rings (SSSR count). The third kappa shape index (κ3) is 6.76. The molecule has 0 spiro atoms. The van der Waals surface area contributed by atoms with E-state index in [9.17, 15) is 4.79 Å². The van der Waals surface area contributed by atoms with Gasteiger partial charge >= 0.3 is 0 Å². The van der Waals surface area contributed by atoms with Crippen LogP contribution in [0.2, 0.25) is 0 Å². The van der Waals surface area contributed by atoms with E-state index < -0.39 is 5.91 Å². The number of benzene rings is 2. The molecule has 0 aliphatic heterocycles. The Bertz CT molecular complexity index is 1110. The molecule has 1 unspecified atom stereocenters. The number of hydrogen-bond acceptors (Lipinski definition) is 4. The number of carbonyl (C=O) groups is 1. The van der Waals surface area contributed by atoms with Crippen LogP contribution >= 0.6 is 0 Å². The highest BCUT2D eigenvalue weighted by Crippen LogP contribution is 2.32. The van der Waals surface area contributed by atoms with Crippen LogP contribution in [-0.2, 0) is 4.74 Å². The number of aromatic nitrogens is 1. The van der Waals surface area contributed by atoms with Crippen LogP contribution in [0.25, 0.3) is 22.2 Å². The van der Waals surface area contributed by atoms with E-state index in [0.29, 0.717) is 34.5 Å². The van der Waals surface area contributed by atoms with Gasteiger partial charge in [-0.3, -0.25) is 4.79 Å². The van der Waals surface area contributed by atoms with Crippen LogP contribution in [-0.4, -0.2) is 36.2 Å². The quantitative estimate of drug-likeness (QED) is 0.250. The highest BCUT2D eigenvalue weighted by molar-refractivity contribution is 6.10. The first kappa shape index (κ1) is 24.2. The van der Waals surface area contributed by atoms with Gasteiger partial charge in [0.2, 0.25) is 0 Å². The molecular formula is C26H32N4O3. The minimum Gasteiger partial charge on any atom is -0.493 e. The third-order valence-electron chi connectivity index (χ3n) is 5.25. The molecule has 1 amide bonds. The monoisotopic (exact) mass is 448 g/mol. The van der Waals surface area contributed by atoms with Gasteiger partial charge in [0.1, 0.15) is 5.75 Å². The van der Waals surface area contributed by atoms with Gasteiger partial charge in [-0.1, -0.05) is 43.7 Å². The molecule has 4 N–H and O–H groups in total. The number of guanidine groups is 1. The van der Waals surface area contributed by atoms with E-state index in [-0.39, 0.29) is 12.1 Å². The molecule has 7 nitrogen and oxygen atoms in total. The van der Waals surface area contributed by atoms with E-state index in [4.69, 9.17) is 25.9 Å². The summed E-state index contributed by atoms with van der Waals surface area (Å²) in [6, 6.07) is 16.8. The Morgan fingerprint density at radius 1 is 1.06 bits per heavy atom. The molecule has 3 aromatic rings. The molecule has 0 aliphatic carbocycles. The first-order chi connectivity index (χ1) is 16.0. The second-order valence-electron chi connectivity index (χ2n) is 7.94. The normalized spacial score (nSPS) is 11.8. The molecule has 0 radical (unpaired) electrons. The van der Waals surface area contributed by atoms with Gasteiger partial charge in [0, 0.05) is 17.6 Å². The average Bonchev–Trinajstić information content (AvgIpc) is 2.81. The lowest BCUT2D eigenvalue weighted by atomic mass is 10.0. The van der Waals surface area contributed by atoms with Crippen molar-refractivity contribution in [1.29, 1.82) is 0 Å². The van der Waals surface area contributed by atoms with Crippen molar-refractivity contribution in [1.82, 2.24) is 4.98 Å². The van der Waals surface area contributed by atoms with Crippen LogP contribution in [0.15, 0.2) is 59.6 Å². The zero-order chi connectivity index (χ0) is 23.6. The summed E-state index contributed by atoms with van der Waals surface area (Å²) in [5, 5.41) is 0.687. The van der Waals surface area contributed by atoms with E-state index in [0.717, 1.165) is 37.9 Å². The summed E-state index contributed by atoms with van der Waals surface area (Å²) < 4.78 is 11.9. The number of ether oxygens (including phenoxy) is 2. The second-order valence-corrected chi connectivity index (χ2v) is 7.94. The van der Waals surface area contributed by atoms with Crippen LogP contribution < -0.4 is 16.2 Å². The van der Waals surface area contributed by atoms with Gasteiger partial charge in [0.15, 0.2) is 5.96 Å². The lowest BCUT2D eigenvalue weighted by molar-refractivity contribution is 0.0543. The standard InChI is InChI=1S/C26H32N4O3/c1-3-4-15-32-18(2)10-9-16-33-24-14-8-6-12-20(24)23-17-21(25(31)30-26(27)28)19-11-5-7-13-22(19)29-23/h5-8,11-14,17-18H,3-4,9-10,15-16H2,1-2H3,(H4,27,28,30,31). The topological polar surface area (TPSA) is 113 Å². The molecule has 0 bridgehead atoms. The molecule has 0 aliphatic rings. The summed E-state index contributed by atoms with van der Waals surface area (Å²) in [7, 11) is 0. The van der Waals surface area contributed by atoms with Gasteiger partial charge in [-0.05, 0) is 50.5 Å². The summed E-state index contributed by atoms with van der Waals surface area (Å²) in [6.45, 7) is 5.61. The number of nitrogens with two attached hydrogens (primary N) is 2. The van der Waals surface area contributed by atoms with Gasteiger partial charge in [0.25, 0.3) is 5.91 Å². The lowest BCUT2D eigenvalue weighted by Gasteiger charge is -2.15. The Kier molecular flexibility index (Phi) is 8.78. The summed E-state index contributed by atoms with van der Waals surface area (Å²) in [4.78, 5) is 21.2. The largest absolute Gasteiger partial charge is 0.493 e. The van der Waals surface area contributed by atoms with E-state index in [1.807, 2.05) is 48.5 Å². The number of amides is 1. The molecule has 0 saturated heterocycles. The van der Waals surface area contributed by atoms with Crippen LogP contribution in [0.1, 0.15) is 49.9 Å². The predicted molar refractivity (Wildman–Crippen MR) is 132 cm³/mol. The van der Waals surface area contributed by atoms with Crippen molar-refractivity contribution in [2.24, 2.45) is 16.5 Å². The minimum atomic E-state index is -0.509. The Morgan fingerprint density at radius 3 is 2.61 bits per heavy atom. The number of para-hydroxylation sites is 2. The maximum absolute atomic E-state index is 12.7. The number of unbranched alkanes of at least 4 members (excludes halogenated alkanes) is 1. The zero-order valence-electron chi connectivity index (χ0n) is 19.3. The summed E-state index contributed by atoms with van der Waals surface area (Å²) in [5.74, 6) is -0.0792. The van der Waals surface area contributed by atoms with Gasteiger partial charge in [-0.25, -0.2) is 4.98 Å². The molecule has 33 heavy (non-hydrogen) atoms. The smallest absolute Gasteiger partial charge is 0.280 e. The van der Waals surface area contributed by atoms with Crippen molar-refractivity contribution < 1.29 is 14.3 Å². The minimum absolute atomic E-state index is 0.210. The maximum Gasteiger partial charge on any atom is 0.280 e. The van der Waals surface area contributed by atoms with E-state index in [1.165, 1.54) is 0 Å². The van der Waals surface area contributed by atoms with Gasteiger partial charge in [-0.15, -0.1) is 0 Å². The Morgan fingerprint density at radius 2 is 1.82 bits per heavy atom. The fraction of sp³-hybridized carbons (Fsp3) is 0.346. The summed E-state index contributed by atoms with van der Waals surface area (Å²) in [6.07, 6.45) is 4.23. The molecule has 1 aromatic heterocycles. The number of aliphatic imine (C=N–C) groups is 1. The second kappa shape index (κ2) is 12.0. The molecule has 0 saturated carbocycles. The molecule has 174 valence electrons. The van der Waals surface area contributed by atoms with Crippen molar-refractivity contribution in [3.8, 4) is 17.0 Å². The van der Waals surface area contributed by atoms with Crippen molar-refractivity contribution in [3.63, 3.8) is 0 Å². The van der Waals surface area contributed by atoms with Crippen LogP contribution in [0.5, 0.6) is 5.75 Å². The number of fused-ring (bicyclic) bond motifs is 1. The zero-order valence-corrected chi connectivity index (χ0v) is 19.3. The summed E-state index contributed by atoms with van der Waals surface area (Å²) in [5.41, 5.74) is 13.4. The fourth-order valence-corrected chi connectivity index (χ4v) is 3.54. The highest BCUT2D eigenvalue weighted by Gasteiger charge is 2.16. The van der Waals surface area contributed by atoms with Crippen molar-refractivity contribution in [2.45, 2.75) is 45.6 Å². The number of pyridine rings is 1. The van der Waals surface area contributed by atoms with E-state index >= 15 is 0 Å². The third-order valence-corrected chi connectivity index (χ3v) is 5.25. The van der Waals surface area contributed by atoms with E-state index in [1.54, 1.807) is 6.07 Å². The SMILES string of the molecule is CCCCOC(C)CCCOc1ccccc1-c1cc(C(=O)N=C(N)N)c2ccccc2n1. The lowest BCUT2D eigenvalue weighted by Crippen LogP contribution is -2.24. The van der Waals surface area contributed by atoms with Gasteiger partial charge < -0.3 is 20.9 Å². The Labute approximate surface area is 194 Å². The van der Waals surface area contributed by atoms with Crippen LogP contribution in [0.4, 0.5) is 0 Å². The highest BCUT2D eigenvalue weighted by atomic mass is 16.5. The van der Waals surface area contributed by atoms with Crippen molar-refractivity contribution in [2.75, 3.05) is 13.2 Å². The number of hydrogen-bond donors (Lipinski definition) is 2. The molecule has 7 heteroatoms. The Hall–Kier alpha value is -3.45. The average molecular weight is 449 g/mol. The van der Waals surface area contributed by atoms with Gasteiger partial charge in [0.05, 0.1) is 29.5 Å². The summed E-state index contributed by atoms with van der Waals surface area (Å²) >= 11 is 0. The number of rotatable bonds is 11. The predicted octanol–water partition coefficient (Wildman–Crippen LogP) is 4.68. The first-order valence-corrected chi connectivity index (χ1v) is 11.4. The Balaban J connectivity index is 1.81.